The third kappa shape index (κ3) is 4.52. The summed E-state index contributed by atoms with van der Waals surface area (Å²) in [4.78, 5) is 23.7. The second-order valence-corrected chi connectivity index (χ2v) is 7.28. The van der Waals surface area contributed by atoms with Crippen LogP contribution >= 0.6 is 0 Å². The number of hydrogen-bond donors (Lipinski definition) is 1. The van der Waals surface area contributed by atoms with Crippen molar-refractivity contribution in [3.8, 4) is 0 Å². The summed E-state index contributed by atoms with van der Waals surface area (Å²) in [5.41, 5.74) is 0.0997. The molecule has 0 saturated heterocycles. The van der Waals surface area contributed by atoms with Crippen molar-refractivity contribution in [2.75, 3.05) is 6.61 Å². The van der Waals surface area contributed by atoms with Crippen LogP contribution in [0.1, 0.15) is 41.0 Å². The van der Waals surface area contributed by atoms with Gasteiger partial charge in [0, 0.05) is 6.92 Å². The molecule has 0 bridgehead atoms. The Bertz CT molecular complexity index is 693. The number of allylic oxidation sites excluding steroid dienone is 5. The molecule has 1 aliphatic carbocycles. The van der Waals surface area contributed by atoms with E-state index in [1.807, 2.05) is 19.1 Å². The summed E-state index contributed by atoms with van der Waals surface area (Å²) in [6.45, 7) is 9.21. The lowest BCUT2D eigenvalue weighted by atomic mass is 9.75. The lowest BCUT2D eigenvalue weighted by Crippen LogP contribution is -2.56. The fourth-order valence-corrected chi connectivity index (χ4v) is 3.14. The fourth-order valence-electron chi connectivity index (χ4n) is 3.14. The van der Waals surface area contributed by atoms with E-state index in [0.29, 0.717) is 17.3 Å². The fraction of sp³-hybridized carbons (Fsp3) is 0.524. The molecule has 0 spiro atoms. The molecule has 0 fully saturated rings. The Hall–Kier alpha value is -2.14. The largest absolute Gasteiger partial charge is 0.493 e. The zero-order chi connectivity index (χ0) is 19.5. The maximum atomic E-state index is 12.3. The SMILES string of the molecule is CCC(C)/C=C(C)/C=C/C1=CC2=CC(=O)[C@@](C)(O)[C@@H](OC(C)=O)[C@@H]2CO1. The van der Waals surface area contributed by atoms with Crippen LogP contribution in [-0.4, -0.2) is 35.2 Å². The van der Waals surface area contributed by atoms with Gasteiger partial charge in [0.25, 0.3) is 0 Å². The van der Waals surface area contributed by atoms with E-state index in [9.17, 15) is 14.7 Å². The normalized spacial score (nSPS) is 30.2. The summed E-state index contributed by atoms with van der Waals surface area (Å²) in [6.07, 6.45) is 9.35. The van der Waals surface area contributed by atoms with Gasteiger partial charge < -0.3 is 14.6 Å². The number of rotatable bonds is 5. The second kappa shape index (κ2) is 8.04. The van der Waals surface area contributed by atoms with E-state index in [0.717, 1.165) is 12.0 Å². The van der Waals surface area contributed by atoms with E-state index in [1.54, 1.807) is 6.08 Å². The molecule has 1 unspecified atom stereocenters. The van der Waals surface area contributed by atoms with Crippen LogP contribution in [0, 0.1) is 11.8 Å². The van der Waals surface area contributed by atoms with E-state index in [4.69, 9.17) is 9.47 Å². The number of carbonyl (C=O) groups is 2. The molecule has 0 aromatic carbocycles. The minimum absolute atomic E-state index is 0.234. The van der Waals surface area contributed by atoms with Gasteiger partial charge >= 0.3 is 5.97 Å². The van der Waals surface area contributed by atoms with Crippen molar-refractivity contribution < 1.29 is 24.2 Å². The van der Waals surface area contributed by atoms with Crippen molar-refractivity contribution in [3.63, 3.8) is 0 Å². The molecule has 0 amide bonds. The first kappa shape index (κ1) is 20.2. The van der Waals surface area contributed by atoms with Gasteiger partial charge in [-0.3, -0.25) is 9.59 Å². The van der Waals surface area contributed by atoms with Crippen LogP contribution < -0.4 is 0 Å². The average Bonchev–Trinajstić information content (AvgIpc) is 2.57. The standard InChI is InChI=1S/C21H28O5/c1-6-13(2)9-14(3)7-8-17-10-16-11-19(23)21(5,24)20(26-15(4)22)18(16)12-25-17/h7-11,13,18,20,24H,6,12H2,1-5H3/b8-7+,14-9+/t13?,18-,20+,21-/m1/s1. The maximum Gasteiger partial charge on any atom is 0.303 e. The van der Waals surface area contributed by atoms with Gasteiger partial charge in [-0.25, -0.2) is 0 Å². The summed E-state index contributed by atoms with van der Waals surface area (Å²) < 4.78 is 11.0. The topological polar surface area (TPSA) is 72.8 Å². The molecule has 5 nitrogen and oxygen atoms in total. The Morgan fingerprint density at radius 1 is 1.46 bits per heavy atom. The van der Waals surface area contributed by atoms with E-state index in [1.165, 1.54) is 19.9 Å². The number of aliphatic hydroxyl groups is 1. The molecular formula is C21H28O5. The van der Waals surface area contributed by atoms with Gasteiger partial charge in [0.1, 0.15) is 11.9 Å². The van der Waals surface area contributed by atoms with E-state index >= 15 is 0 Å². The third-order valence-electron chi connectivity index (χ3n) is 4.88. The molecule has 26 heavy (non-hydrogen) atoms. The molecule has 0 radical (unpaired) electrons. The van der Waals surface area contributed by atoms with Crippen molar-refractivity contribution >= 4 is 11.8 Å². The lowest BCUT2D eigenvalue weighted by Gasteiger charge is -2.41. The zero-order valence-electron chi connectivity index (χ0n) is 16.1. The van der Waals surface area contributed by atoms with Gasteiger partial charge in [-0.2, -0.15) is 0 Å². The number of carbonyl (C=O) groups excluding carboxylic acids is 2. The van der Waals surface area contributed by atoms with Crippen LogP contribution in [0.4, 0.5) is 0 Å². The molecule has 1 heterocycles. The van der Waals surface area contributed by atoms with Crippen LogP contribution in [0.3, 0.4) is 0 Å². The number of esters is 1. The van der Waals surface area contributed by atoms with Crippen molar-refractivity contribution in [2.24, 2.45) is 11.8 Å². The van der Waals surface area contributed by atoms with Gasteiger partial charge in [-0.15, -0.1) is 0 Å². The Kier molecular flexibility index (Phi) is 6.24. The maximum absolute atomic E-state index is 12.3. The predicted octanol–water partition coefficient (Wildman–Crippen LogP) is 3.26. The van der Waals surface area contributed by atoms with E-state index in [2.05, 4.69) is 19.9 Å². The van der Waals surface area contributed by atoms with E-state index in [-0.39, 0.29) is 12.5 Å². The van der Waals surface area contributed by atoms with Gasteiger partial charge in [0.2, 0.25) is 0 Å². The molecule has 0 saturated carbocycles. The minimum Gasteiger partial charge on any atom is -0.493 e. The van der Waals surface area contributed by atoms with Gasteiger partial charge in [-0.1, -0.05) is 38.0 Å². The second-order valence-electron chi connectivity index (χ2n) is 7.28. The summed E-state index contributed by atoms with van der Waals surface area (Å²) in [6, 6.07) is 0. The molecule has 2 aliphatic rings. The molecule has 1 aliphatic heterocycles. The first-order valence-electron chi connectivity index (χ1n) is 9.01. The van der Waals surface area contributed by atoms with Crippen LogP contribution in [0.5, 0.6) is 0 Å². The molecule has 0 aromatic heterocycles. The van der Waals surface area contributed by atoms with Crippen LogP contribution in [0.2, 0.25) is 0 Å². The molecule has 1 N–H and O–H groups in total. The number of hydrogen-bond acceptors (Lipinski definition) is 5. The van der Waals surface area contributed by atoms with Crippen molar-refractivity contribution in [2.45, 2.75) is 52.7 Å². The number of ketones is 1. The van der Waals surface area contributed by atoms with Gasteiger partial charge in [-0.05, 0) is 43.6 Å². The van der Waals surface area contributed by atoms with Crippen molar-refractivity contribution in [1.82, 2.24) is 0 Å². The summed E-state index contributed by atoms with van der Waals surface area (Å²) in [5, 5.41) is 10.5. The molecule has 142 valence electrons. The highest BCUT2D eigenvalue weighted by Gasteiger charge is 2.50. The highest BCUT2D eigenvalue weighted by molar-refractivity contribution is 5.99. The smallest absolute Gasteiger partial charge is 0.303 e. The Balaban J connectivity index is 2.25. The molecule has 2 rings (SSSR count). The van der Waals surface area contributed by atoms with Gasteiger partial charge in [0.15, 0.2) is 11.4 Å². The number of fused-ring (bicyclic) bond motifs is 1. The Labute approximate surface area is 155 Å². The van der Waals surface area contributed by atoms with Crippen molar-refractivity contribution in [1.29, 1.82) is 0 Å². The highest BCUT2D eigenvalue weighted by atomic mass is 16.6. The number of ether oxygens (including phenoxy) is 2. The first-order chi connectivity index (χ1) is 12.1. The van der Waals surface area contributed by atoms with Crippen molar-refractivity contribution in [3.05, 3.63) is 47.3 Å². The van der Waals surface area contributed by atoms with Crippen LogP contribution in [0.15, 0.2) is 47.3 Å². The minimum atomic E-state index is -1.75. The molecule has 5 heteroatoms. The molecule has 4 atom stereocenters. The summed E-state index contributed by atoms with van der Waals surface area (Å²) in [5.74, 6) is -0.231. The monoisotopic (exact) mass is 360 g/mol. The molecular weight excluding hydrogens is 332 g/mol. The predicted molar refractivity (Wildman–Crippen MR) is 99.1 cm³/mol. The first-order valence-corrected chi connectivity index (χ1v) is 9.01. The Morgan fingerprint density at radius 3 is 2.77 bits per heavy atom. The Morgan fingerprint density at radius 2 is 2.15 bits per heavy atom. The quantitative estimate of drug-likeness (QED) is 0.602. The van der Waals surface area contributed by atoms with E-state index < -0.39 is 23.5 Å². The summed E-state index contributed by atoms with van der Waals surface area (Å²) >= 11 is 0. The average molecular weight is 360 g/mol. The van der Waals surface area contributed by atoms with Crippen LogP contribution in [0.25, 0.3) is 0 Å². The molecule has 0 aromatic rings. The lowest BCUT2D eigenvalue weighted by molar-refractivity contribution is -0.174. The summed E-state index contributed by atoms with van der Waals surface area (Å²) in [7, 11) is 0. The van der Waals surface area contributed by atoms with Gasteiger partial charge in [0.05, 0.1) is 12.5 Å². The zero-order valence-corrected chi connectivity index (χ0v) is 16.1. The van der Waals surface area contributed by atoms with Crippen LogP contribution in [-0.2, 0) is 19.1 Å². The highest BCUT2D eigenvalue weighted by Crippen LogP contribution is 2.37. The third-order valence-corrected chi connectivity index (χ3v) is 4.88.